The molecule has 0 fully saturated rings. The number of aromatic nitrogens is 2. The molecule has 0 radical (unpaired) electrons. The van der Waals surface area contributed by atoms with Crippen LogP contribution in [0.15, 0.2) is 10.9 Å². The molecule has 8 heteroatoms. The van der Waals surface area contributed by atoms with Gasteiger partial charge in [-0.2, -0.15) is 4.98 Å². The van der Waals surface area contributed by atoms with E-state index < -0.39 is 12.0 Å². The first-order valence-electron chi connectivity index (χ1n) is 6.06. The van der Waals surface area contributed by atoms with Gasteiger partial charge in [-0.05, 0) is 13.3 Å². The van der Waals surface area contributed by atoms with Gasteiger partial charge in [0.15, 0.2) is 6.33 Å². The summed E-state index contributed by atoms with van der Waals surface area (Å²) in [6.45, 7) is 3.70. The fraction of sp³-hybridized carbons (Fsp3) is 0.636. The summed E-state index contributed by atoms with van der Waals surface area (Å²) in [6, 6.07) is -0.546. The monoisotopic (exact) mass is 270 g/mol. The van der Waals surface area contributed by atoms with Crippen LogP contribution in [0, 0.1) is 0 Å². The zero-order chi connectivity index (χ0) is 14.3. The van der Waals surface area contributed by atoms with Gasteiger partial charge in [-0.3, -0.25) is 4.79 Å². The maximum absolute atomic E-state index is 11.9. The first-order chi connectivity index (χ1) is 9.04. The van der Waals surface area contributed by atoms with Crippen LogP contribution in [0.25, 0.3) is 0 Å². The van der Waals surface area contributed by atoms with Gasteiger partial charge in [0.25, 0.3) is 0 Å². The van der Waals surface area contributed by atoms with Crippen molar-refractivity contribution in [2.75, 3.05) is 13.1 Å². The quantitative estimate of drug-likeness (QED) is 0.747. The average Bonchev–Trinajstić information content (AvgIpc) is 2.87. The molecule has 0 saturated carbocycles. The molecule has 0 spiro atoms. The second-order valence-corrected chi connectivity index (χ2v) is 4.10. The molecule has 0 aliphatic carbocycles. The molecular formula is C11H18N4O4. The molecule has 0 aliphatic heterocycles. The third-order valence-electron chi connectivity index (χ3n) is 2.71. The first kappa shape index (κ1) is 14.9. The number of amides is 2. The Bertz CT molecular complexity index is 407. The highest BCUT2D eigenvalue weighted by Gasteiger charge is 2.21. The molecule has 2 N–H and O–H groups in total. The number of nitrogens with one attached hydrogen (secondary N) is 1. The number of hydrogen-bond donors (Lipinski definition) is 2. The van der Waals surface area contributed by atoms with Crippen molar-refractivity contribution in [3.8, 4) is 0 Å². The zero-order valence-corrected chi connectivity index (χ0v) is 11.0. The summed E-state index contributed by atoms with van der Waals surface area (Å²) >= 11 is 0. The molecule has 0 bridgehead atoms. The minimum atomic E-state index is -1.03. The predicted octanol–water partition coefficient (Wildman–Crippen LogP) is 0.507. The maximum atomic E-state index is 11.9. The second-order valence-electron chi connectivity index (χ2n) is 4.10. The van der Waals surface area contributed by atoms with E-state index in [-0.39, 0.29) is 12.6 Å². The highest BCUT2D eigenvalue weighted by Crippen LogP contribution is 2.03. The Morgan fingerprint density at radius 3 is 2.84 bits per heavy atom. The molecule has 8 nitrogen and oxygen atoms in total. The van der Waals surface area contributed by atoms with Gasteiger partial charge in [0.05, 0.1) is 0 Å². The number of carbonyl (C=O) groups is 2. The van der Waals surface area contributed by atoms with Crippen LogP contribution in [0.4, 0.5) is 4.79 Å². The fourth-order valence-corrected chi connectivity index (χ4v) is 1.48. The zero-order valence-electron chi connectivity index (χ0n) is 11.0. The van der Waals surface area contributed by atoms with Crippen LogP contribution in [-0.2, 0) is 11.2 Å². The van der Waals surface area contributed by atoms with Crippen molar-refractivity contribution in [1.82, 2.24) is 20.4 Å². The Hall–Kier alpha value is -2.12. The maximum Gasteiger partial charge on any atom is 0.323 e. The number of nitrogens with zero attached hydrogens (tertiary/aromatic N) is 3. The number of urea groups is 1. The van der Waals surface area contributed by atoms with Gasteiger partial charge in [-0.1, -0.05) is 12.1 Å². The minimum Gasteiger partial charge on any atom is -0.480 e. The molecule has 1 atom stereocenters. The van der Waals surface area contributed by atoms with Crippen molar-refractivity contribution in [2.45, 2.75) is 32.7 Å². The van der Waals surface area contributed by atoms with E-state index in [0.29, 0.717) is 25.3 Å². The van der Waals surface area contributed by atoms with Gasteiger partial charge < -0.3 is 19.8 Å². The van der Waals surface area contributed by atoms with E-state index in [9.17, 15) is 9.59 Å². The SMILES string of the molecule is CCC(C)N(CC(=O)O)C(=O)NCCc1ncno1. The van der Waals surface area contributed by atoms with Gasteiger partial charge >= 0.3 is 12.0 Å². The molecule has 19 heavy (non-hydrogen) atoms. The molecule has 1 aromatic rings. The number of carboxylic acids is 1. The lowest BCUT2D eigenvalue weighted by Crippen LogP contribution is -2.47. The topological polar surface area (TPSA) is 109 Å². The standard InChI is InChI=1S/C11H18N4O4/c1-3-8(2)15(6-10(16)17)11(18)12-5-4-9-13-7-14-19-9/h7-8H,3-6H2,1-2H3,(H,12,18)(H,16,17). The second kappa shape index (κ2) is 7.34. The van der Waals surface area contributed by atoms with E-state index in [0.717, 1.165) is 0 Å². The lowest BCUT2D eigenvalue weighted by Gasteiger charge is -2.26. The van der Waals surface area contributed by atoms with Gasteiger partial charge in [0.1, 0.15) is 6.54 Å². The van der Waals surface area contributed by atoms with Crippen LogP contribution in [0.5, 0.6) is 0 Å². The van der Waals surface area contributed by atoms with Gasteiger partial charge in [0, 0.05) is 19.0 Å². The van der Waals surface area contributed by atoms with Crippen molar-refractivity contribution in [3.63, 3.8) is 0 Å². The molecule has 106 valence electrons. The predicted molar refractivity (Wildman–Crippen MR) is 65.5 cm³/mol. The normalized spacial score (nSPS) is 11.9. The van der Waals surface area contributed by atoms with E-state index in [1.807, 2.05) is 6.92 Å². The van der Waals surface area contributed by atoms with E-state index in [1.165, 1.54) is 11.2 Å². The summed E-state index contributed by atoms with van der Waals surface area (Å²) < 4.78 is 4.79. The Morgan fingerprint density at radius 1 is 1.58 bits per heavy atom. The average molecular weight is 270 g/mol. The summed E-state index contributed by atoms with van der Waals surface area (Å²) in [6.07, 6.45) is 2.38. The van der Waals surface area contributed by atoms with E-state index in [4.69, 9.17) is 9.63 Å². The molecule has 1 unspecified atom stereocenters. The van der Waals surface area contributed by atoms with Crippen LogP contribution in [0.1, 0.15) is 26.2 Å². The molecule has 1 aromatic heterocycles. The van der Waals surface area contributed by atoms with Crippen LogP contribution < -0.4 is 5.32 Å². The van der Waals surface area contributed by atoms with E-state index in [1.54, 1.807) is 6.92 Å². The largest absolute Gasteiger partial charge is 0.480 e. The summed E-state index contributed by atoms with van der Waals surface area (Å²) in [5.41, 5.74) is 0. The van der Waals surface area contributed by atoms with Crippen molar-refractivity contribution < 1.29 is 19.2 Å². The molecule has 1 rings (SSSR count). The fourth-order valence-electron chi connectivity index (χ4n) is 1.48. The summed E-state index contributed by atoms with van der Waals surface area (Å²) in [4.78, 5) is 27.7. The Balaban J connectivity index is 2.44. The van der Waals surface area contributed by atoms with Crippen molar-refractivity contribution in [2.24, 2.45) is 0 Å². The number of aliphatic carboxylic acids is 1. The summed E-state index contributed by atoms with van der Waals surface area (Å²) in [7, 11) is 0. The smallest absolute Gasteiger partial charge is 0.323 e. The molecule has 0 aromatic carbocycles. The van der Waals surface area contributed by atoms with Crippen molar-refractivity contribution in [1.29, 1.82) is 0 Å². The molecule has 2 amide bonds. The number of hydrogen-bond acceptors (Lipinski definition) is 5. The highest BCUT2D eigenvalue weighted by molar-refractivity contribution is 5.80. The summed E-state index contributed by atoms with van der Waals surface area (Å²) in [5, 5.41) is 14.9. The minimum absolute atomic E-state index is 0.139. The van der Waals surface area contributed by atoms with Crippen LogP contribution >= 0.6 is 0 Å². The molecule has 0 saturated heterocycles. The Kier molecular flexibility index (Phi) is 5.77. The molecule has 1 heterocycles. The molecule has 0 aliphatic rings. The lowest BCUT2D eigenvalue weighted by atomic mass is 10.2. The summed E-state index contributed by atoms with van der Waals surface area (Å²) in [5.74, 6) is -0.610. The van der Waals surface area contributed by atoms with Crippen LogP contribution in [-0.4, -0.2) is 51.3 Å². The first-order valence-corrected chi connectivity index (χ1v) is 6.06. The third-order valence-corrected chi connectivity index (χ3v) is 2.71. The van der Waals surface area contributed by atoms with E-state index in [2.05, 4.69) is 15.5 Å². The van der Waals surface area contributed by atoms with Crippen molar-refractivity contribution in [3.05, 3.63) is 12.2 Å². The van der Waals surface area contributed by atoms with Gasteiger partial charge in [0.2, 0.25) is 5.89 Å². The molecular weight excluding hydrogens is 252 g/mol. The van der Waals surface area contributed by atoms with Crippen LogP contribution in [0.2, 0.25) is 0 Å². The number of carbonyl (C=O) groups excluding carboxylic acids is 1. The van der Waals surface area contributed by atoms with Gasteiger partial charge in [-0.15, -0.1) is 0 Å². The van der Waals surface area contributed by atoms with E-state index >= 15 is 0 Å². The Morgan fingerprint density at radius 2 is 2.32 bits per heavy atom. The highest BCUT2D eigenvalue weighted by atomic mass is 16.5. The van der Waals surface area contributed by atoms with Crippen LogP contribution in [0.3, 0.4) is 0 Å². The van der Waals surface area contributed by atoms with Gasteiger partial charge in [-0.25, -0.2) is 4.79 Å². The number of rotatable bonds is 7. The lowest BCUT2D eigenvalue weighted by molar-refractivity contribution is -0.138. The Labute approximate surface area is 110 Å². The third kappa shape index (κ3) is 4.94. The number of carboxylic acid groups (broad SMARTS) is 1. The van der Waals surface area contributed by atoms with Crippen molar-refractivity contribution >= 4 is 12.0 Å².